The van der Waals surface area contributed by atoms with Crippen molar-refractivity contribution in [2.24, 2.45) is 23.7 Å². The van der Waals surface area contributed by atoms with Crippen LogP contribution < -0.4 is 0 Å². The van der Waals surface area contributed by atoms with Crippen molar-refractivity contribution in [3.63, 3.8) is 0 Å². The molecule has 0 saturated heterocycles. The maximum atomic E-state index is 2.52. The average molecular weight is 264 g/mol. The summed E-state index contributed by atoms with van der Waals surface area (Å²) in [6.07, 6.45) is 19.7. The van der Waals surface area contributed by atoms with Crippen molar-refractivity contribution in [3.8, 4) is 0 Å². The third kappa shape index (κ3) is 4.80. The summed E-state index contributed by atoms with van der Waals surface area (Å²) in [5.74, 6) is 4.24. The van der Waals surface area contributed by atoms with Gasteiger partial charge in [-0.25, -0.2) is 0 Å². The van der Waals surface area contributed by atoms with E-state index >= 15 is 0 Å². The molecule has 0 amide bonds. The molecule has 0 heteroatoms. The number of hydrogen-bond acceptors (Lipinski definition) is 0. The Morgan fingerprint density at radius 3 is 1.68 bits per heavy atom. The lowest BCUT2D eigenvalue weighted by atomic mass is 9.66. The van der Waals surface area contributed by atoms with Crippen molar-refractivity contribution in [2.45, 2.75) is 97.3 Å². The molecule has 2 aliphatic carbocycles. The number of rotatable bonds is 6. The largest absolute Gasteiger partial charge is 0.0654 e. The summed E-state index contributed by atoms with van der Waals surface area (Å²) in [5.41, 5.74) is 0. The molecule has 1 atom stereocenters. The zero-order valence-corrected chi connectivity index (χ0v) is 13.5. The topological polar surface area (TPSA) is 0 Å². The highest BCUT2D eigenvalue weighted by Gasteiger charge is 2.32. The first kappa shape index (κ1) is 15.4. The fourth-order valence-corrected chi connectivity index (χ4v) is 4.97. The van der Waals surface area contributed by atoms with E-state index in [2.05, 4.69) is 13.8 Å². The predicted octanol–water partition coefficient (Wildman–Crippen LogP) is 6.59. The maximum Gasteiger partial charge on any atom is -0.0355 e. The van der Waals surface area contributed by atoms with Crippen LogP contribution in [0.4, 0.5) is 0 Å². The van der Waals surface area contributed by atoms with Gasteiger partial charge in [0.15, 0.2) is 0 Å². The van der Waals surface area contributed by atoms with Crippen LogP contribution >= 0.6 is 0 Å². The van der Waals surface area contributed by atoms with E-state index < -0.39 is 0 Å². The van der Waals surface area contributed by atoms with Gasteiger partial charge in [0.1, 0.15) is 0 Å². The Balaban J connectivity index is 1.94. The standard InChI is InChI=1S/C19H36/c1-3-10-16(2)15-19(17-11-6-4-7-12-17)18-13-8-5-9-14-18/h16-19H,3-15H2,1-2H3. The highest BCUT2D eigenvalue weighted by atomic mass is 14.4. The molecule has 0 N–H and O–H groups in total. The van der Waals surface area contributed by atoms with Crippen LogP contribution in [0.2, 0.25) is 0 Å². The summed E-state index contributed by atoms with van der Waals surface area (Å²) in [6.45, 7) is 4.87. The van der Waals surface area contributed by atoms with E-state index in [1.807, 2.05) is 0 Å². The SMILES string of the molecule is CCCC(C)CC(C1CCCCC1)C1CCCCC1. The van der Waals surface area contributed by atoms with E-state index in [1.165, 1.54) is 51.4 Å². The molecule has 2 fully saturated rings. The van der Waals surface area contributed by atoms with E-state index in [0.29, 0.717) is 0 Å². The van der Waals surface area contributed by atoms with Gasteiger partial charge in [-0.1, -0.05) is 90.9 Å². The van der Waals surface area contributed by atoms with Crippen molar-refractivity contribution in [1.29, 1.82) is 0 Å². The van der Waals surface area contributed by atoms with Crippen LogP contribution in [0.1, 0.15) is 97.3 Å². The second-order valence-corrected chi connectivity index (χ2v) is 7.59. The van der Waals surface area contributed by atoms with Gasteiger partial charge in [0.2, 0.25) is 0 Å². The Kier molecular flexibility index (Phi) is 6.74. The molecule has 0 aromatic rings. The van der Waals surface area contributed by atoms with Gasteiger partial charge in [-0.3, -0.25) is 0 Å². The molecule has 0 aromatic carbocycles. The van der Waals surface area contributed by atoms with Crippen LogP contribution in [0.15, 0.2) is 0 Å². The van der Waals surface area contributed by atoms with Crippen LogP contribution in [-0.2, 0) is 0 Å². The molecule has 2 saturated carbocycles. The lowest BCUT2D eigenvalue weighted by Crippen LogP contribution is -2.28. The first-order valence-corrected chi connectivity index (χ1v) is 9.31. The zero-order chi connectivity index (χ0) is 13.5. The maximum absolute atomic E-state index is 2.52. The molecule has 0 bridgehead atoms. The van der Waals surface area contributed by atoms with Crippen molar-refractivity contribution in [2.75, 3.05) is 0 Å². The highest BCUT2D eigenvalue weighted by molar-refractivity contribution is 4.82. The normalized spacial score (nSPS) is 24.8. The van der Waals surface area contributed by atoms with E-state index in [-0.39, 0.29) is 0 Å². The summed E-state index contributed by atoms with van der Waals surface area (Å²) < 4.78 is 0. The fraction of sp³-hybridized carbons (Fsp3) is 1.00. The van der Waals surface area contributed by atoms with Crippen LogP contribution in [0.5, 0.6) is 0 Å². The lowest BCUT2D eigenvalue weighted by molar-refractivity contribution is 0.118. The molecule has 0 nitrogen and oxygen atoms in total. The fourth-order valence-electron chi connectivity index (χ4n) is 4.97. The van der Waals surface area contributed by atoms with E-state index in [9.17, 15) is 0 Å². The monoisotopic (exact) mass is 264 g/mol. The van der Waals surface area contributed by atoms with Gasteiger partial charge in [-0.2, -0.15) is 0 Å². The predicted molar refractivity (Wildman–Crippen MR) is 85.3 cm³/mol. The van der Waals surface area contributed by atoms with Crippen LogP contribution in [-0.4, -0.2) is 0 Å². The van der Waals surface area contributed by atoms with E-state index in [1.54, 1.807) is 32.1 Å². The molecule has 0 heterocycles. The third-order valence-electron chi connectivity index (χ3n) is 5.97. The van der Waals surface area contributed by atoms with Gasteiger partial charge in [-0.15, -0.1) is 0 Å². The zero-order valence-electron chi connectivity index (χ0n) is 13.5. The van der Waals surface area contributed by atoms with Gasteiger partial charge < -0.3 is 0 Å². The van der Waals surface area contributed by atoms with Gasteiger partial charge in [-0.05, 0) is 30.1 Å². The van der Waals surface area contributed by atoms with E-state index in [4.69, 9.17) is 0 Å². The van der Waals surface area contributed by atoms with Gasteiger partial charge in [0, 0.05) is 0 Å². The molecule has 2 rings (SSSR count). The Bertz CT molecular complexity index is 202. The second kappa shape index (κ2) is 8.32. The molecule has 0 aromatic heterocycles. The van der Waals surface area contributed by atoms with Gasteiger partial charge in [0.05, 0.1) is 0 Å². The second-order valence-electron chi connectivity index (χ2n) is 7.59. The molecule has 0 spiro atoms. The molecule has 1 unspecified atom stereocenters. The van der Waals surface area contributed by atoms with Gasteiger partial charge >= 0.3 is 0 Å². The van der Waals surface area contributed by atoms with Gasteiger partial charge in [0.25, 0.3) is 0 Å². The average Bonchev–Trinajstić information content (AvgIpc) is 2.47. The molecule has 0 radical (unpaired) electrons. The van der Waals surface area contributed by atoms with Crippen molar-refractivity contribution < 1.29 is 0 Å². The minimum absolute atomic E-state index is 0.971. The molecule has 19 heavy (non-hydrogen) atoms. The number of hydrogen-bond donors (Lipinski definition) is 0. The summed E-state index contributed by atoms with van der Waals surface area (Å²) in [5, 5.41) is 0. The van der Waals surface area contributed by atoms with Crippen LogP contribution in [0, 0.1) is 23.7 Å². The first-order chi connectivity index (χ1) is 9.31. The third-order valence-corrected chi connectivity index (χ3v) is 5.97. The van der Waals surface area contributed by atoms with Crippen LogP contribution in [0.3, 0.4) is 0 Å². The summed E-state index contributed by atoms with van der Waals surface area (Å²) in [4.78, 5) is 0. The Labute approximate surface area is 121 Å². The smallest absolute Gasteiger partial charge is 0.0355 e. The Morgan fingerprint density at radius 1 is 0.789 bits per heavy atom. The Hall–Kier alpha value is 0. The van der Waals surface area contributed by atoms with Crippen molar-refractivity contribution in [1.82, 2.24) is 0 Å². The summed E-state index contributed by atoms with van der Waals surface area (Å²) in [6, 6.07) is 0. The quantitative estimate of drug-likeness (QED) is 0.507. The Morgan fingerprint density at radius 2 is 1.26 bits per heavy atom. The molecule has 0 aliphatic heterocycles. The minimum atomic E-state index is 0.971. The molecule has 2 aliphatic rings. The van der Waals surface area contributed by atoms with Crippen molar-refractivity contribution in [3.05, 3.63) is 0 Å². The molecular weight excluding hydrogens is 228 g/mol. The molecule has 112 valence electrons. The van der Waals surface area contributed by atoms with Crippen molar-refractivity contribution >= 4 is 0 Å². The molecular formula is C19H36. The summed E-state index contributed by atoms with van der Waals surface area (Å²) >= 11 is 0. The highest BCUT2D eigenvalue weighted by Crippen LogP contribution is 2.43. The van der Waals surface area contributed by atoms with E-state index in [0.717, 1.165) is 23.7 Å². The lowest BCUT2D eigenvalue weighted by Gasteiger charge is -2.39. The van der Waals surface area contributed by atoms with Crippen LogP contribution in [0.25, 0.3) is 0 Å². The first-order valence-electron chi connectivity index (χ1n) is 9.31. The minimum Gasteiger partial charge on any atom is -0.0654 e. The summed E-state index contributed by atoms with van der Waals surface area (Å²) in [7, 11) is 0.